The number of hydrogen-bond donors (Lipinski definition) is 2. The van der Waals surface area contributed by atoms with Crippen molar-refractivity contribution in [2.75, 3.05) is 0 Å². The molecule has 0 aliphatic carbocycles. The predicted octanol–water partition coefficient (Wildman–Crippen LogP) is 3.78. The third kappa shape index (κ3) is 3.85. The van der Waals surface area contributed by atoms with Gasteiger partial charge in [-0.3, -0.25) is 0 Å². The van der Waals surface area contributed by atoms with Crippen LogP contribution in [0.3, 0.4) is 0 Å². The summed E-state index contributed by atoms with van der Waals surface area (Å²) in [6, 6.07) is 1.52. The van der Waals surface area contributed by atoms with Gasteiger partial charge in [-0.2, -0.15) is 0 Å². The number of aromatic nitrogens is 1. The molecule has 0 aliphatic rings. The lowest BCUT2D eigenvalue weighted by molar-refractivity contribution is 0.234. The molecule has 2 atom stereocenters. The number of carbonyl (C=O) groups excluding carboxylic acids is 1. The van der Waals surface area contributed by atoms with Crippen LogP contribution in [0.25, 0.3) is 0 Å². The third-order valence-corrected chi connectivity index (χ3v) is 4.11. The van der Waals surface area contributed by atoms with Crippen molar-refractivity contribution in [3.63, 3.8) is 0 Å². The molecular weight excluding hydrogens is 286 g/mol. The maximum absolute atomic E-state index is 12.1. The highest BCUT2D eigenvalue weighted by atomic mass is 32.1. The lowest BCUT2D eigenvalue weighted by Gasteiger charge is -2.17. The monoisotopic (exact) mass is 307 g/mol. The number of carbonyl (C=O) groups is 1. The molecule has 0 unspecified atom stereocenters. The molecule has 0 spiro atoms. The van der Waals surface area contributed by atoms with E-state index in [0.717, 1.165) is 27.8 Å². The van der Waals surface area contributed by atoms with Gasteiger partial charge in [0.2, 0.25) is 0 Å². The van der Waals surface area contributed by atoms with E-state index in [1.54, 1.807) is 11.3 Å². The topological polar surface area (TPSA) is 67.2 Å². The molecule has 2 heterocycles. The first kappa shape index (κ1) is 15.6. The van der Waals surface area contributed by atoms with Crippen LogP contribution >= 0.6 is 11.3 Å². The van der Waals surface area contributed by atoms with E-state index in [1.807, 2.05) is 46.1 Å². The zero-order valence-corrected chi connectivity index (χ0v) is 13.8. The summed E-state index contributed by atoms with van der Waals surface area (Å²) in [6.45, 7) is 9.61. The van der Waals surface area contributed by atoms with Crippen LogP contribution in [0.2, 0.25) is 0 Å². The summed E-state index contributed by atoms with van der Waals surface area (Å²) in [5.74, 6) is 1.69. The number of nitrogens with zero attached hydrogens (tertiary/aromatic N) is 1. The van der Waals surface area contributed by atoms with Crippen LogP contribution in [-0.4, -0.2) is 11.0 Å². The van der Waals surface area contributed by atoms with Crippen molar-refractivity contribution in [3.05, 3.63) is 39.2 Å². The molecule has 2 rings (SSSR count). The number of rotatable bonds is 4. The Kier molecular flexibility index (Phi) is 4.67. The van der Waals surface area contributed by atoms with Crippen LogP contribution in [-0.2, 0) is 0 Å². The lowest BCUT2D eigenvalue weighted by atomic mass is 10.1. The average molecular weight is 307 g/mol. The summed E-state index contributed by atoms with van der Waals surface area (Å²) < 4.78 is 5.49. The molecule has 0 saturated heterocycles. The quantitative estimate of drug-likeness (QED) is 0.903. The number of furan rings is 1. The summed E-state index contributed by atoms with van der Waals surface area (Å²) in [5, 5.41) is 8.79. The van der Waals surface area contributed by atoms with E-state index in [9.17, 15) is 4.79 Å². The van der Waals surface area contributed by atoms with Crippen LogP contribution in [0.5, 0.6) is 0 Å². The summed E-state index contributed by atoms with van der Waals surface area (Å²) in [4.78, 5) is 16.4. The Morgan fingerprint density at radius 1 is 1.24 bits per heavy atom. The Bertz CT molecular complexity index is 633. The van der Waals surface area contributed by atoms with Crippen molar-refractivity contribution in [1.29, 1.82) is 0 Å². The van der Waals surface area contributed by atoms with Crippen LogP contribution in [0.4, 0.5) is 4.79 Å². The number of thiazole rings is 1. The SMILES string of the molecule is Cc1cc([C@@H](C)NC(=O)N[C@H](C)c2csc(C)n2)c(C)o1. The van der Waals surface area contributed by atoms with Gasteiger partial charge in [-0.1, -0.05) is 0 Å². The molecule has 0 bridgehead atoms. The van der Waals surface area contributed by atoms with Crippen molar-refractivity contribution in [2.24, 2.45) is 0 Å². The molecule has 21 heavy (non-hydrogen) atoms. The molecule has 2 aromatic heterocycles. The number of aryl methyl sites for hydroxylation is 3. The number of urea groups is 1. The van der Waals surface area contributed by atoms with Crippen molar-refractivity contribution in [3.8, 4) is 0 Å². The zero-order valence-electron chi connectivity index (χ0n) is 13.0. The van der Waals surface area contributed by atoms with Gasteiger partial charge in [0.25, 0.3) is 0 Å². The maximum Gasteiger partial charge on any atom is 0.315 e. The first-order valence-electron chi connectivity index (χ1n) is 6.92. The van der Waals surface area contributed by atoms with Crippen molar-refractivity contribution < 1.29 is 9.21 Å². The molecule has 114 valence electrons. The smallest absolute Gasteiger partial charge is 0.315 e. The standard InChI is InChI=1S/C15H21N3O2S/c1-8-6-13(11(4)20-8)9(2)16-15(19)17-10(3)14-7-21-12(5)18-14/h6-7,9-10H,1-5H3,(H2,16,17,19)/t9-,10-/m1/s1. The van der Waals surface area contributed by atoms with Crippen molar-refractivity contribution in [1.82, 2.24) is 15.6 Å². The first-order valence-corrected chi connectivity index (χ1v) is 7.80. The van der Waals surface area contributed by atoms with E-state index >= 15 is 0 Å². The van der Waals surface area contributed by atoms with Gasteiger partial charge in [-0.25, -0.2) is 9.78 Å². The number of nitrogens with one attached hydrogen (secondary N) is 2. The minimum Gasteiger partial charge on any atom is -0.466 e. The predicted molar refractivity (Wildman–Crippen MR) is 83.5 cm³/mol. The molecule has 2 aromatic rings. The highest BCUT2D eigenvalue weighted by Gasteiger charge is 2.17. The number of hydrogen-bond acceptors (Lipinski definition) is 4. The molecule has 0 fully saturated rings. The maximum atomic E-state index is 12.1. The zero-order chi connectivity index (χ0) is 15.6. The molecule has 6 heteroatoms. The molecule has 0 radical (unpaired) electrons. The second kappa shape index (κ2) is 6.30. The van der Waals surface area contributed by atoms with Gasteiger partial charge < -0.3 is 15.1 Å². The van der Waals surface area contributed by atoms with E-state index in [0.29, 0.717) is 0 Å². The fraction of sp³-hybridized carbons (Fsp3) is 0.467. The van der Waals surface area contributed by atoms with Crippen molar-refractivity contribution >= 4 is 17.4 Å². The summed E-state index contributed by atoms with van der Waals surface area (Å²) >= 11 is 1.58. The van der Waals surface area contributed by atoms with Crippen LogP contribution in [0, 0.1) is 20.8 Å². The van der Waals surface area contributed by atoms with Gasteiger partial charge in [-0.05, 0) is 40.7 Å². The lowest BCUT2D eigenvalue weighted by Crippen LogP contribution is -2.38. The second-order valence-electron chi connectivity index (χ2n) is 5.22. The van der Waals surface area contributed by atoms with Gasteiger partial charge >= 0.3 is 6.03 Å². The highest BCUT2D eigenvalue weighted by Crippen LogP contribution is 2.21. The highest BCUT2D eigenvalue weighted by molar-refractivity contribution is 7.09. The van der Waals surface area contributed by atoms with Gasteiger partial charge in [0.15, 0.2) is 0 Å². The van der Waals surface area contributed by atoms with Crippen LogP contribution in [0.1, 0.15) is 53.7 Å². The normalized spacial score (nSPS) is 13.8. The summed E-state index contributed by atoms with van der Waals surface area (Å²) in [5.41, 5.74) is 1.88. The Hall–Kier alpha value is -1.82. The molecule has 5 nitrogen and oxygen atoms in total. The average Bonchev–Trinajstić information content (AvgIpc) is 2.95. The Morgan fingerprint density at radius 3 is 2.43 bits per heavy atom. The van der Waals surface area contributed by atoms with E-state index in [-0.39, 0.29) is 18.1 Å². The molecule has 2 amide bonds. The molecule has 0 saturated carbocycles. The van der Waals surface area contributed by atoms with Crippen LogP contribution in [0.15, 0.2) is 15.9 Å². The van der Waals surface area contributed by atoms with E-state index < -0.39 is 0 Å². The van der Waals surface area contributed by atoms with Gasteiger partial charge in [0.05, 0.1) is 22.8 Å². The fourth-order valence-corrected chi connectivity index (χ4v) is 2.95. The fourth-order valence-electron chi connectivity index (χ4n) is 2.25. The van der Waals surface area contributed by atoms with E-state index in [2.05, 4.69) is 15.6 Å². The van der Waals surface area contributed by atoms with Gasteiger partial charge in [0.1, 0.15) is 11.5 Å². The second-order valence-corrected chi connectivity index (χ2v) is 6.28. The van der Waals surface area contributed by atoms with Crippen LogP contribution < -0.4 is 10.6 Å². The molecule has 2 N–H and O–H groups in total. The minimum absolute atomic E-state index is 0.105. The van der Waals surface area contributed by atoms with Crippen molar-refractivity contribution in [2.45, 2.75) is 46.7 Å². The minimum atomic E-state index is -0.209. The van der Waals surface area contributed by atoms with Gasteiger partial charge in [-0.15, -0.1) is 11.3 Å². The third-order valence-electron chi connectivity index (χ3n) is 3.32. The molecule has 0 aromatic carbocycles. The van der Waals surface area contributed by atoms with E-state index in [4.69, 9.17) is 4.42 Å². The van der Waals surface area contributed by atoms with Gasteiger partial charge in [0, 0.05) is 10.9 Å². The Balaban J connectivity index is 1.94. The summed E-state index contributed by atoms with van der Waals surface area (Å²) in [7, 11) is 0. The Labute approximate surface area is 128 Å². The first-order chi connectivity index (χ1) is 9.86. The largest absolute Gasteiger partial charge is 0.466 e. The summed E-state index contributed by atoms with van der Waals surface area (Å²) in [6.07, 6.45) is 0. The molecular formula is C15H21N3O2S. The molecule has 0 aliphatic heterocycles. The van der Waals surface area contributed by atoms with E-state index in [1.165, 1.54) is 0 Å². The number of amides is 2. The Morgan fingerprint density at radius 2 is 1.90 bits per heavy atom.